The average Bonchev–Trinajstić information content (AvgIpc) is 2.45. The molecule has 2 aromatic rings. The Kier molecular flexibility index (Phi) is 5.26. The third kappa shape index (κ3) is 3.77. The van der Waals surface area contributed by atoms with Crippen LogP contribution in [0.5, 0.6) is 0 Å². The molecule has 0 fully saturated rings. The Morgan fingerprint density at radius 1 is 1.00 bits per heavy atom. The largest absolute Gasteiger partial charge is 0.313 e. The first-order chi connectivity index (χ1) is 10.0. The molecule has 0 radical (unpaired) electrons. The molecular weight excluding hydrogens is 299 g/mol. The minimum absolute atomic E-state index is 0.0103. The molecule has 0 bridgehead atoms. The van der Waals surface area contributed by atoms with Crippen LogP contribution in [0.15, 0.2) is 30.3 Å². The van der Waals surface area contributed by atoms with Gasteiger partial charge in [0.2, 0.25) is 0 Å². The van der Waals surface area contributed by atoms with Gasteiger partial charge in [0.25, 0.3) is 0 Å². The van der Waals surface area contributed by atoms with E-state index in [1.165, 1.54) is 0 Å². The minimum atomic E-state index is -1.21. The number of rotatable bonds is 5. The van der Waals surface area contributed by atoms with E-state index in [1.54, 1.807) is 18.2 Å². The zero-order valence-electron chi connectivity index (χ0n) is 11.5. The standard InChI is InChI=1S/C16H15ClF3N/c1-2-5-21-9-11-4-3-10(6-13(11)17)12-7-15(19)16(20)8-14(12)18/h3-4,6-8,21H,2,5,9H2,1H3. The van der Waals surface area contributed by atoms with E-state index in [9.17, 15) is 13.2 Å². The van der Waals surface area contributed by atoms with Gasteiger partial charge in [0.1, 0.15) is 5.82 Å². The zero-order valence-corrected chi connectivity index (χ0v) is 12.3. The van der Waals surface area contributed by atoms with Gasteiger partial charge >= 0.3 is 0 Å². The molecule has 0 saturated heterocycles. The van der Waals surface area contributed by atoms with Crippen LogP contribution >= 0.6 is 11.6 Å². The lowest BCUT2D eigenvalue weighted by Crippen LogP contribution is -2.14. The molecule has 2 aromatic carbocycles. The summed E-state index contributed by atoms with van der Waals surface area (Å²) in [4.78, 5) is 0. The lowest BCUT2D eigenvalue weighted by atomic mass is 10.0. The van der Waals surface area contributed by atoms with Gasteiger partial charge < -0.3 is 5.32 Å². The van der Waals surface area contributed by atoms with Gasteiger partial charge in [-0.25, -0.2) is 13.2 Å². The van der Waals surface area contributed by atoms with Crippen molar-refractivity contribution in [3.8, 4) is 11.1 Å². The summed E-state index contributed by atoms with van der Waals surface area (Å²) in [5, 5.41) is 3.67. The quantitative estimate of drug-likeness (QED) is 0.610. The van der Waals surface area contributed by atoms with Crippen LogP contribution in [0.3, 0.4) is 0 Å². The Morgan fingerprint density at radius 2 is 1.71 bits per heavy atom. The number of hydrogen-bond donors (Lipinski definition) is 1. The lowest BCUT2D eigenvalue weighted by molar-refractivity contribution is 0.496. The highest BCUT2D eigenvalue weighted by molar-refractivity contribution is 6.31. The Morgan fingerprint density at radius 3 is 2.38 bits per heavy atom. The van der Waals surface area contributed by atoms with Crippen LogP contribution in [0.4, 0.5) is 13.2 Å². The first kappa shape index (κ1) is 15.9. The molecule has 21 heavy (non-hydrogen) atoms. The van der Waals surface area contributed by atoms with Crippen molar-refractivity contribution in [3.63, 3.8) is 0 Å². The minimum Gasteiger partial charge on any atom is -0.313 e. The van der Waals surface area contributed by atoms with Gasteiger partial charge in [0, 0.05) is 23.2 Å². The van der Waals surface area contributed by atoms with Gasteiger partial charge in [-0.3, -0.25) is 0 Å². The molecular formula is C16H15ClF3N. The topological polar surface area (TPSA) is 12.0 Å². The Bertz CT molecular complexity index is 644. The summed E-state index contributed by atoms with van der Waals surface area (Å²) in [5.41, 5.74) is 1.27. The molecule has 5 heteroatoms. The fourth-order valence-corrected chi connectivity index (χ4v) is 2.25. The molecule has 0 atom stereocenters. The zero-order chi connectivity index (χ0) is 15.4. The third-order valence-corrected chi connectivity index (χ3v) is 3.47. The number of halogens is 4. The van der Waals surface area contributed by atoms with E-state index in [2.05, 4.69) is 12.2 Å². The SMILES string of the molecule is CCCNCc1ccc(-c2cc(F)c(F)cc2F)cc1Cl. The van der Waals surface area contributed by atoms with E-state index < -0.39 is 17.5 Å². The van der Waals surface area contributed by atoms with Crippen molar-refractivity contribution >= 4 is 11.6 Å². The van der Waals surface area contributed by atoms with Crippen molar-refractivity contribution in [2.24, 2.45) is 0 Å². The molecule has 0 aliphatic rings. The fourth-order valence-electron chi connectivity index (χ4n) is 2.00. The van der Waals surface area contributed by atoms with E-state index in [4.69, 9.17) is 11.6 Å². The van der Waals surface area contributed by atoms with E-state index in [1.807, 2.05) is 0 Å². The highest BCUT2D eigenvalue weighted by atomic mass is 35.5. The number of nitrogens with one attached hydrogen (secondary N) is 1. The Labute approximate surface area is 126 Å². The number of benzene rings is 2. The van der Waals surface area contributed by atoms with Crippen LogP contribution in [0.25, 0.3) is 11.1 Å². The predicted molar refractivity (Wildman–Crippen MR) is 78.8 cm³/mol. The van der Waals surface area contributed by atoms with E-state index >= 15 is 0 Å². The predicted octanol–water partition coefficient (Wildman–Crippen LogP) is 4.92. The second kappa shape index (κ2) is 6.96. The summed E-state index contributed by atoms with van der Waals surface area (Å²) in [7, 11) is 0. The van der Waals surface area contributed by atoms with Crippen molar-refractivity contribution in [2.45, 2.75) is 19.9 Å². The summed E-state index contributed by atoms with van der Waals surface area (Å²) in [6.07, 6.45) is 1.01. The number of hydrogen-bond acceptors (Lipinski definition) is 1. The first-order valence-electron chi connectivity index (χ1n) is 6.67. The van der Waals surface area contributed by atoms with Gasteiger partial charge in [-0.2, -0.15) is 0 Å². The fraction of sp³-hybridized carbons (Fsp3) is 0.250. The molecule has 0 aliphatic carbocycles. The normalized spacial score (nSPS) is 10.9. The van der Waals surface area contributed by atoms with E-state index in [0.717, 1.165) is 24.6 Å². The van der Waals surface area contributed by atoms with Crippen LogP contribution in [-0.2, 0) is 6.54 Å². The molecule has 1 N–H and O–H groups in total. The van der Waals surface area contributed by atoms with Gasteiger partial charge in [-0.15, -0.1) is 0 Å². The van der Waals surface area contributed by atoms with Crippen LogP contribution in [0.2, 0.25) is 5.02 Å². The van der Waals surface area contributed by atoms with E-state index in [0.29, 0.717) is 23.2 Å². The summed E-state index contributed by atoms with van der Waals surface area (Å²) < 4.78 is 39.9. The Balaban J connectivity index is 2.30. The van der Waals surface area contributed by atoms with Crippen molar-refractivity contribution in [3.05, 3.63) is 58.4 Å². The summed E-state index contributed by atoms with van der Waals surface area (Å²) in [6, 6.07) is 6.33. The van der Waals surface area contributed by atoms with Crippen molar-refractivity contribution < 1.29 is 13.2 Å². The van der Waals surface area contributed by atoms with Crippen LogP contribution in [-0.4, -0.2) is 6.54 Å². The van der Waals surface area contributed by atoms with E-state index in [-0.39, 0.29) is 5.56 Å². The van der Waals surface area contributed by atoms with Crippen LogP contribution < -0.4 is 5.32 Å². The third-order valence-electron chi connectivity index (χ3n) is 3.12. The molecule has 0 saturated carbocycles. The highest BCUT2D eigenvalue weighted by Gasteiger charge is 2.12. The maximum absolute atomic E-state index is 13.7. The molecule has 0 aliphatic heterocycles. The lowest BCUT2D eigenvalue weighted by Gasteiger charge is -2.09. The molecule has 0 heterocycles. The van der Waals surface area contributed by atoms with Crippen molar-refractivity contribution in [1.29, 1.82) is 0 Å². The van der Waals surface area contributed by atoms with Crippen molar-refractivity contribution in [1.82, 2.24) is 5.32 Å². The van der Waals surface area contributed by atoms with Gasteiger partial charge in [0.05, 0.1) is 0 Å². The Hall–Kier alpha value is -1.52. The summed E-state index contributed by atoms with van der Waals surface area (Å²) in [5.74, 6) is -3.11. The molecule has 1 nitrogen and oxygen atoms in total. The molecule has 0 spiro atoms. The second-order valence-electron chi connectivity index (χ2n) is 4.73. The molecule has 0 unspecified atom stereocenters. The first-order valence-corrected chi connectivity index (χ1v) is 7.04. The smallest absolute Gasteiger partial charge is 0.161 e. The highest BCUT2D eigenvalue weighted by Crippen LogP contribution is 2.29. The molecule has 0 amide bonds. The van der Waals surface area contributed by atoms with Gasteiger partial charge in [-0.1, -0.05) is 30.7 Å². The molecule has 2 rings (SSSR count). The van der Waals surface area contributed by atoms with Crippen molar-refractivity contribution in [2.75, 3.05) is 6.54 Å². The molecule has 0 aromatic heterocycles. The average molecular weight is 314 g/mol. The summed E-state index contributed by atoms with van der Waals surface area (Å²) >= 11 is 6.15. The molecule has 112 valence electrons. The van der Waals surface area contributed by atoms with Crippen LogP contribution in [0.1, 0.15) is 18.9 Å². The second-order valence-corrected chi connectivity index (χ2v) is 5.14. The monoisotopic (exact) mass is 313 g/mol. The summed E-state index contributed by atoms with van der Waals surface area (Å²) in [6.45, 7) is 3.53. The van der Waals surface area contributed by atoms with Gasteiger partial charge in [-0.05, 0) is 36.2 Å². The maximum Gasteiger partial charge on any atom is 0.161 e. The van der Waals surface area contributed by atoms with Gasteiger partial charge in [0.15, 0.2) is 11.6 Å². The maximum atomic E-state index is 13.7. The van der Waals surface area contributed by atoms with Crippen LogP contribution in [0, 0.1) is 17.5 Å².